The van der Waals surface area contributed by atoms with Gasteiger partial charge in [0.2, 0.25) is 10.0 Å². The summed E-state index contributed by atoms with van der Waals surface area (Å²) in [4.78, 5) is 0. The van der Waals surface area contributed by atoms with E-state index in [0.717, 1.165) is 24.7 Å². The van der Waals surface area contributed by atoms with Crippen molar-refractivity contribution in [2.24, 2.45) is 0 Å². The van der Waals surface area contributed by atoms with Crippen LogP contribution in [0.15, 0.2) is 30.3 Å². The van der Waals surface area contributed by atoms with Gasteiger partial charge in [0.15, 0.2) is 0 Å². The van der Waals surface area contributed by atoms with Crippen molar-refractivity contribution in [3.63, 3.8) is 0 Å². The lowest BCUT2D eigenvalue weighted by Crippen LogP contribution is -2.52. The minimum Gasteiger partial charge on any atom is -0.313 e. The van der Waals surface area contributed by atoms with Crippen LogP contribution in [0.3, 0.4) is 0 Å². The number of nitrogens with zero attached hydrogens (tertiary/aromatic N) is 1. The molecular weight excluding hydrogens is 274 g/mol. The van der Waals surface area contributed by atoms with Crippen LogP contribution in [0, 0.1) is 11.3 Å². The number of hydrogen-bond donors (Lipinski definition) is 2. The van der Waals surface area contributed by atoms with Crippen LogP contribution in [0.2, 0.25) is 0 Å². The van der Waals surface area contributed by atoms with Crippen molar-refractivity contribution in [3.8, 4) is 6.07 Å². The monoisotopic (exact) mass is 293 g/mol. The maximum Gasteiger partial charge on any atom is 0.208 e. The predicted molar refractivity (Wildman–Crippen MR) is 77.6 cm³/mol. The molecule has 20 heavy (non-hydrogen) atoms. The van der Waals surface area contributed by atoms with Crippen LogP contribution in [0.5, 0.6) is 0 Å². The van der Waals surface area contributed by atoms with Gasteiger partial charge in [-0.25, -0.2) is 13.1 Å². The third-order valence-electron chi connectivity index (χ3n) is 3.65. The number of hydrogen-bond acceptors (Lipinski definition) is 4. The van der Waals surface area contributed by atoms with Gasteiger partial charge in [0.05, 0.1) is 17.7 Å². The fourth-order valence-electron chi connectivity index (χ4n) is 2.59. The summed E-state index contributed by atoms with van der Waals surface area (Å²) in [5, 5.41) is 12.7. The number of sulfonamides is 1. The van der Waals surface area contributed by atoms with Gasteiger partial charge in [-0.1, -0.05) is 30.3 Å². The molecule has 1 aromatic carbocycles. The first-order valence-corrected chi connectivity index (χ1v) is 8.49. The molecule has 0 unspecified atom stereocenters. The van der Waals surface area contributed by atoms with Gasteiger partial charge in [-0.3, -0.25) is 0 Å². The number of benzene rings is 1. The van der Waals surface area contributed by atoms with Crippen LogP contribution in [0.1, 0.15) is 18.4 Å². The summed E-state index contributed by atoms with van der Waals surface area (Å²) in [6, 6.07) is 12.5. The second-order valence-electron chi connectivity index (χ2n) is 5.29. The van der Waals surface area contributed by atoms with Crippen molar-refractivity contribution >= 4 is 10.0 Å². The van der Waals surface area contributed by atoms with E-state index in [-0.39, 0.29) is 11.5 Å². The van der Waals surface area contributed by atoms with Crippen LogP contribution in [-0.2, 0) is 15.4 Å². The minimum atomic E-state index is -3.12. The summed E-state index contributed by atoms with van der Waals surface area (Å²) in [5.74, 6) is 0. The third-order valence-corrected chi connectivity index (χ3v) is 4.38. The quantitative estimate of drug-likeness (QED) is 0.758. The van der Waals surface area contributed by atoms with E-state index in [1.54, 1.807) is 0 Å². The van der Waals surface area contributed by atoms with Gasteiger partial charge in [0.25, 0.3) is 0 Å². The van der Waals surface area contributed by atoms with Gasteiger partial charge in [-0.15, -0.1) is 0 Å². The molecule has 0 aliphatic heterocycles. The molecule has 0 heterocycles. The summed E-state index contributed by atoms with van der Waals surface area (Å²) >= 11 is 0. The minimum absolute atomic E-state index is 0.274. The van der Waals surface area contributed by atoms with Crippen LogP contribution in [-0.4, -0.2) is 33.8 Å². The molecule has 1 aliphatic rings. The highest BCUT2D eigenvalue weighted by Crippen LogP contribution is 2.43. The van der Waals surface area contributed by atoms with E-state index >= 15 is 0 Å². The van der Waals surface area contributed by atoms with Crippen LogP contribution < -0.4 is 10.0 Å². The van der Waals surface area contributed by atoms with Crippen molar-refractivity contribution in [3.05, 3.63) is 35.9 Å². The summed E-state index contributed by atoms with van der Waals surface area (Å²) in [6.07, 6.45) is 2.69. The lowest BCUT2D eigenvalue weighted by atomic mass is 9.62. The topological polar surface area (TPSA) is 82.0 Å². The Morgan fingerprint density at radius 3 is 2.50 bits per heavy atom. The average Bonchev–Trinajstić information content (AvgIpc) is 2.37. The Kier molecular flexibility index (Phi) is 4.43. The largest absolute Gasteiger partial charge is 0.313 e. The van der Waals surface area contributed by atoms with E-state index in [2.05, 4.69) is 16.1 Å². The first kappa shape index (κ1) is 15.0. The summed E-state index contributed by atoms with van der Waals surface area (Å²) in [6.45, 7) is 0.953. The third kappa shape index (κ3) is 3.57. The molecule has 0 spiro atoms. The Balaban J connectivity index is 1.80. The molecule has 1 aliphatic carbocycles. The molecule has 1 saturated carbocycles. The molecule has 5 nitrogen and oxygen atoms in total. The molecule has 6 heteroatoms. The zero-order chi connectivity index (χ0) is 14.6. The molecule has 0 aromatic heterocycles. The van der Waals surface area contributed by atoms with Crippen LogP contribution in [0.25, 0.3) is 0 Å². The predicted octanol–water partition coefficient (Wildman–Crippen LogP) is 0.749. The Morgan fingerprint density at radius 1 is 1.30 bits per heavy atom. The molecule has 0 saturated heterocycles. The second kappa shape index (κ2) is 5.92. The molecular formula is C14H19N3O2S. The molecule has 1 aromatic rings. The van der Waals surface area contributed by atoms with E-state index < -0.39 is 10.0 Å². The normalized spacial score (nSPS) is 25.7. The van der Waals surface area contributed by atoms with Gasteiger partial charge in [-0.05, 0) is 18.4 Å². The number of nitriles is 1. The van der Waals surface area contributed by atoms with Crippen molar-refractivity contribution in [1.82, 2.24) is 10.0 Å². The Bertz CT molecular complexity index is 587. The highest BCUT2D eigenvalue weighted by molar-refractivity contribution is 7.88. The first-order chi connectivity index (χ1) is 9.45. The molecule has 2 rings (SSSR count). The number of rotatable bonds is 6. The van der Waals surface area contributed by atoms with Gasteiger partial charge in [-0.2, -0.15) is 5.26 Å². The Morgan fingerprint density at radius 2 is 1.95 bits per heavy atom. The molecule has 108 valence electrons. The zero-order valence-electron chi connectivity index (χ0n) is 11.5. The van der Waals surface area contributed by atoms with Crippen molar-refractivity contribution in [1.29, 1.82) is 5.26 Å². The summed E-state index contributed by atoms with van der Waals surface area (Å²) in [7, 11) is -3.12. The smallest absolute Gasteiger partial charge is 0.208 e. The van der Waals surface area contributed by atoms with Crippen LogP contribution in [0.4, 0.5) is 0 Å². The van der Waals surface area contributed by atoms with E-state index in [0.29, 0.717) is 13.1 Å². The van der Waals surface area contributed by atoms with Crippen molar-refractivity contribution in [2.45, 2.75) is 24.3 Å². The van der Waals surface area contributed by atoms with Gasteiger partial charge in [0.1, 0.15) is 0 Å². The highest BCUT2D eigenvalue weighted by Gasteiger charge is 2.45. The van der Waals surface area contributed by atoms with Crippen LogP contribution >= 0.6 is 0 Å². The maximum atomic E-state index is 10.9. The van der Waals surface area contributed by atoms with E-state index in [1.807, 2.05) is 30.3 Å². The van der Waals surface area contributed by atoms with Crippen molar-refractivity contribution < 1.29 is 8.42 Å². The van der Waals surface area contributed by atoms with E-state index in [9.17, 15) is 13.7 Å². The molecule has 2 N–H and O–H groups in total. The van der Waals surface area contributed by atoms with E-state index in [4.69, 9.17) is 0 Å². The fraction of sp³-hybridized carbons (Fsp3) is 0.500. The fourth-order valence-corrected chi connectivity index (χ4v) is 3.06. The summed E-state index contributed by atoms with van der Waals surface area (Å²) < 4.78 is 24.3. The van der Waals surface area contributed by atoms with Crippen molar-refractivity contribution in [2.75, 3.05) is 19.3 Å². The van der Waals surface area contributed by atoms with Gasteiger partial charge >= 0.3 is 0 Å². The van der Waals surface area contributed by atoms with E-state index in [1.165, 1.54) is 0 Å². The second-order valence-corrected chi connectivity index (χ2v) is 7.12. The zero-order valence-corrected chi connectivity index (χ0v) is 12.3. The maximum absolute atomic E-state index is 10.9. The molecule has 0 atom stereocenters. The van der Waals surface area contributed by atoms with Gasteiger partial charge in [0, 0.05) is 19.1 Å². The molecule has 0 amide bonds. The lowest BCUT2D eigenvalue weighted by molar-refractivity contribution is 0.228. The Hall–Kier alpha value is -1.42. The Labute approximate surface area is 120 Å². The average molecular weight is 293 g/mol. The lowest BCUT2D eigenvalue weighted by Gasteiger charge is -2.43. The number of nitrogens with one attached hydrogen (secondary N) is 2. The molecule has 0 bridgehead atoms. The summed E-state index contributed by atoms with van der Waals surface area (Å²) in [5.41, 5.74) is 0.679. The molecule has 0 radical (unpaired) electrons. The first-order valence-electron chi connectivity index (χ1n) is 6.60. The van der Waals surface area contributed by atoms with Gasteiger partial charge < -0.3 is 5.32 Å². The highest BCUT2D eigenvalue weighted by atomic mass is 32.2. The SMILES string of the molecule is CS(=O)(=O)NCCNC1CC(C#N)(c2ccccc2)C1. The molecule has 1 fully saturated rings. The standard InChI is InChI=1S/C14H19N3O2S/c1-20(18,19)17-8-7-16-13-9-14(10-13,11-15)12-5-3-2-4-6-12/h2-6,13,16-17H,7-10H2,1H3.